The third-order valence-corrected chi connectivity index (χ3v) is 5.66. The van der Waals surface area contributed by atoms with Crippen LogP contribution in [0.15, 0.2) is 53.5 Å². The lowest BCUT2D eigenvalue weighted by atomic mass is 10.00. The molecule has 5 rings (SSSR count). The fourth-order valence-electron chi connectivity index (χ4n) is 4.14. The number of rotatable bonds is 4. The molecule has 8 heteroatoms. The number of fused-ring (bicyclic) bond motifs is 2. The lowest BCUT2D eigenvalue weighted by Gasteiger charge is -2.30. The molecule has 0 amide bonds. The molecule has 0 bridgehead atoms. The van der Waals surface area contributed by atoms with Crippen LogP contribution in [0.2, 0.25) is 0 Å². The summed E-state index contributed by atoms with van der Waals surface area (Å²) < 4.78 is 20.1. The molecule has 3 aromatic heterocycles. The Kier molecular flexibility index (Phi) is 5.14. The van der Waals surface area contributed by atoms with Gasteiger partial charge in [0.05, 0.1) is 12.3 Å². The minimum atomic E-state index is -0.273. The van der Waals surface area contributed by atoms with Crippen LogP contribution in [0.3, 0.4) is 0 Å². The maximum Gasteiger partial charge on any atom is 0.274 e. The van der Waals surface area contributed by atoms with E-state index in [0.29, 0.717) is 17.9 Å². The lowest BCUT2D eigenvalue weighted by Crippen LogP contribution is -2.33. The second-order valence-corrected chi connectivity index (χ2v) is 7.95. The SMILES string of the molecule is COCc1cc(=O)n2nc(N3CCc4ncc(-c5cccc(F)c5)cc4C3)c(C)cc2n1. The molecule has 0 unspecified atom stereocenters. The lowest BCUT2D eigenvalue weighted by molar-refractivity contribution is 0.181. The summed E-state index contributed by atoms with van der Waals surface area (Å²) >= 11 is 0. The van der Waals surface area contributed by atoms with E-state index in [9.17, 15) is 9.18 Å². The van der Waals surface area contributed by atoms with E-state index in [-0.39, 0.29) is 18.0 Å². The summed E-state index contributed by atoms with van der Waals surface area (Å²) in [6.07, 6.45) is 2.56. The van der Waals surface area contributed by atoms with Crippen LogP contribution in [-0.4, -0.2) is 33.2 Å². The van der Waals surface area contributed by atoms with E-state index >= 15 is 0 Å². The molecule has 4 heterocycles. The molecule has 32 heavy (non-hydrogen) atoms. The zero-order valence-electron chi connectivity index (χ0n) is 17.9. The highest BCUT2D eigenvalue weighted by molar-refractivity contribution is 5.64. The quantitative estimate of drug-likeness (QED) is 0.494. The number of benzene rings is 1. The summed E-state index contributed by atoms with van der Waals surface area (Å²) in [5, 5.41) is 4.62. The smallest absolute Gasteiger partial charge is 0.274 e. The number of pyridine rings is 1. The Morgan fingerprint density at radius 1 is 1.16 bits per heavy atom. The van der Waals surface area contributed by atoms with Gasteiger partial charge in [-0.15, -0.1) is 5.10 Å². The van der Waals surface area contributed by atoms with Gasteiger partial charge in [-0.1, -0.05) is 12.1 Å². The molecule has 1 aromatic carbocycles. The third-order valence-electron chi connectivity index (χ3n) is 5.66. The maximum atomic E-state index is 13.7. The molecule has 4 aromatic rings. The van der Waals surface area contributed by atoms with Gasteiger partial charge in [0.15, 0.2) is 11.5 Å². The Morgan fingerprint density at radius 3 is 2.84 bits per heavy atom. The Balaban J connectivity index is 1.50. The van der Waals surface area contributed by atoms with Crippen molar-refractivity contribution in [2.24, 2.45) is 0 Å². The Labute approximate surface area is 184 Å². The zero-order valence-corrected chi connectivity index (χ0v) is 17.9. The van der Waals surface area contributed by atoms with Crippen LogP contribution in [0, 0.1) is 12.7 Å². The second-order valence-electron chi connectivity index (χ2n) is 7.95. The van der Waals surface area contributed by atoms with E-state index in [1.807, 2.05) is 19.1 Å². The zero-order chi connectivity index (χ0) is 22.2. The fraction of sp³-hybridized carbons (Fsp3) is 0.250. The molecular weight excluding hydrogens is 409 g/mol. The number of ether oxygens (including phenoxy) is 1. The summed E-state index contributed by atoms with van der Waals surface area (Å²) in [6, 6.07) is 11.9. The number of nitrogens with zero attached hydrogens (tertiary/aromatic N) is 5. The number of anilines is 1. The summed E-state index contributed by atoms with van der Waals surface area (Å²) in [7, 11) is 1.57. The minimum Gasteiger partial charge on any atom is -0.378 e. The molecule has 0 fully saturated rings. The highest BCUT2D eigenvalue weighted by Gasteiger charge is 2.22. The molecule has 162 valence electrons. The van der Waals surface area contributed by atoms with Crippen molar-refractivity contribution in [3.8, 4) is 11.1 Å². The number of methoxy groups -OCH3 is 1. The van der Waals surface area contributed by atoms with Gasteiger partial charge in [-0.25, -0.2) is 9.37 Å². The topological polar surface area (TPSA) is 72.6 Å². The van der Waals surface area contributed by atoms with E-state index in [0.717, 1.165) is 46.7 Å². The molecule has 0 aliphatic carbocycles. The average Bonchev–Trinajstić information content (AvgIpc) is 2.78. The van der Waals surface area contributed by atoms with Gasteiger partial charge in [0, 0.05) is 50.1 Å². The molecule has 7 nitrogen and oxygen atoms in total. The van der Waals surface area contributed by atoms with Crippen LogP contribution in [0.5, 0.6) is 0 Å². The monoisotopic (exact) mass is 431 g/mol. The molecule has 0 saturated carbocycles. The van der Waals surface area contributed by atoms with Crippen LogP contribution in [0.1, 0.15) is 22.5 Å². The van der Waals surface area contributed by atoms with Crippen LogP contribution in [0.25, 0.3) is 16.8 Å². The van der Waals surface area contributed by atoms with Gasteiger partial charge in [0.2, 0.25) is 0 Å². The Morgan fingerprint density at radius 2 is 2.03 bits per heavy atom. The molecule has 0 N–H and O–H groups in total. The van der Waals surface area contributed by atoms with Gasteiger partial charge < -0.3 is 9.64 Å². The van der Waals surface area contributed by atoms with E-state index in [1.54, 1.807) is 19.4 Å². The van der Waals surface area contributed by atoms with Crippen molar-refractivity contribution in [3.63, 3.8) is 0 Å². The van der Waals surface area contributed by atoms with Gasteiger partial charge in [-0.05, 0) is 47.9 Å². The summed E-state index contributed by atoms with van der Waals surface area (Å²) in [5.41, 5.74) is 5.54. The largest absolute Gasteiger partial charge is 0.378 e. The van der Waals surface area contributed by atoms with Gasteiger partial charge in [0.1, 0.15) is 5.82 Å². The van der Waals surface area contributed by atoms with Crippen LogP contribution in [0.4, 0.5) is 10.2 Å². The van der Waals surface area contributed by atoms with Crippen LogP contribution in [-0.2, 0) is 24.3 Å². The number of aryl methyl sites for hydroxylation is 1. The summed E-state index contributed by atoms with van der Waals surface area (Å²) in [6.45, 7) is 3.59. The molecular formula is C24H22FN5O2. The number of hydrogen-bond donors (Lipinski definition) is 0. The maximum absolute atomic E-state index is 13.7. The first-order valence-electron chi connectivity index (χ1n) is 10.4. The van der Waals surface area contributed by atoms with Crippen LogP contribution >= 0.6 is 0 Å². The van der Waals surface area contributed by atoms with Crippen molar-refractivity contribution in [2.75, 3.05) is 18.6 Å². The first-order chi connectivity index (χ1) is 15.5. The van der Waals surface area contributed by atoms with E-state index in [1.165, 1.54) is 22.7 Å². The highest BCUT2D eigenvalue weighted by Crippen LogP contribution is 2.28. The molecule has 0 atom stereocenters. The molecule has 0 radical (unpaired) electrons. The van der Waals surface area contributed by atoms with Crippen molar-refractivity contribution in [2.45, 2.75) is 26.5 Å². The van der Waals surface area contributed by atoms with Crippen molar-refractivity contribution in [1.82, 2.24) is 19.6 Å². The highest BCUT2D eigenvalue weighted by atomic mass is 19.1. The van der Waals surface area contributed by atoms with Crippen molar-refractivity contribution < 1.29 is 9.13 Å². The second kappa shape index (κ2) is 8.12. The van der Waals surface area contributed by atoms with Crippen molar-refractivity contribution in [1.29, 1.82) is 0 Å². The third kappa shape index (κ3) is 3.73. The number of halogens is 1. The minimum absolute atomic E-state index is 0.240. The Hall–Kier alpha value is -3.65. The van der Waals surface area contributed by atoms with Crippen molar-refractivity contribution in [3.05, 3.63) is 87.3 Å². The van der Waals surface area contributed by atoms with E-state index in [4.69, 9.17) is 4.74 Å². The average molecular weight is 431 g/mol. The molecule has 1 aliphatic rings. The van der Waals surface area contributed by atoms with Gasteiger partial charge in [-0.3, -0.25) is 9.78 Å². The van der Waals surface area contributed by atoms with Gasteiger partial charge in [0.25, 0.3) is 5.56 Å². The number of aromatic nitrogens is 4. The first-order valence-corrected chi connectivity index (χ1v) is 10.4. The van der Waals surface area contributed by atoms with E-state index in [2.05, 4.69) is 26.0 Å². The van der Waals surface area contributed by atoms with Gasteiger partial charge in [-0.2, -0.15) is 4.52 Å². The molecule has 1 aliphatic heterocycles. The van der Waals surface area contributed by atoms with Crippen molar-refractivity contribution >= 4 is 11.5 Å². The summed E-state index contributed by atoms with van der Waals surface area (Å²) in [5.74, 6) is 0.466. The fourth-order valence-corrected chi connectivity index (χ4v) is 4.14. The first kappa shape index (κ1) is 20.3. The normalized spacial score (nSPS) is 13.4. The summed E-state index contributed by atoms with van der Waals surface area (Å²) in [4.78, 5) is 23.8. The molecule has 0 spiro atoms. The van der Waals surface area contributed by atoms with Crippen LogP contribution < -0.4 is 10.5 Å². The Bertz CT molecular complexity index is 1380. The standard InChI is InChI=1S/C24H22FN5O2/c1-15-8-22-27-20(14-32-2)11-23(31)30(22)28-24(15)29-7-6-21-18(13-29)9-17(12-26-21)16-4-3-5-19(25)10-16/h3-5,8-12H,6-7,13-14H2,1-2H3. The van der Waals surface area contributed by atoms with E-state index < -0.39 is 0 Å². The molecule has 0 saturated heterocycles. The number of hydrogen-bond acceptors (Lipinski definition) is 6. The van der Waals surface area contributed by atoms with Gasteiger partial charge >= 0.3 is 0 Å². The predicted octanol–water partition coefficient (Wildman–Crippen LogP) is 3.31. The predicted molar refractivity (Wildman–Crippen MR) is 119 cm³/mol.